The third-order valence-corrected chi connectivity index (χ3v) is 9.23. The van der Waals surface area contributed by atoms with Crippen molar-refractivity contribution in [2.24, 2.45) is 23.7 Å². The first-order valence-corrected chi connectivity index (χ1v) is 13.1. The van der Waals surface area contributed by atoms with Crippen molar-refractivity contribution in [3.05, 3.63) is 22.4 Å². The van der Waals surface area contributed by atoms with Crippen LogP contribution in [0.5, 0.6) is 11.5 Å². The Kier molecular flexibility index (Phi) is 7.52. The highest BCUT2D eigenvalue weighted by Crippen LogP contribution is 2.58. The second-order valence-electron chi connectivity index (χ2n) is 9.27. The maximum Gasteiger partial charge on any atom is 0.314 e. The fraction of sp³-hybridized carbons (Fsp3) is 0.560. The molecule has 0 N–H and O–H groups in total. The van der Waals surface area contributed by atoms with Crippen molar-refractivity contribution in [3.63, 3.8) is 0 Å². The van der Waals surface area contributed by atoms with Gasteiger partial charge in [-0.15, -0.1) is 0 Å². The van der Waals surface area contributed by atoms with E-state index in [1.807, 2.05) is 0 Å². The Hall–Kier alpha value is -1.91. The number of carbonyl (C=O) groups excluding carboxylic acids is 2. The second-order valence-corrected chi connectivity index (χ2v) is 11.6. The number of thioether (sulfide) groups is 2. The number of hydrogen-bond acceptors (Lipinski definition) is 7. The summed E-state index contributed by atoms with van der Waals surface area (Å²) in [5, 5.41) is 9.09. The largest absolute Gasteiger partial charge is 0.425 e. The van der Waals surface area contributed by atoms with Crippen LogP contribution in [-0.2, 0) is 9.59 Å². The fourth-order valence-corrected chi connectivity index (χ4v) is 6.94. The van der Waals surface area contributed by atoms with Gasteiger partial charge in [0, 0.05) is 6.08 Å². The van der Waals surface area contributed by atoms with E-state index in [-0.39, 0.29) is 23.8 Å². The monoisotopic (exact) mass is 471 g/mol. The van der Waals surface area contributed by atoms with Crippen LogP contribution < -0.4 is 9.47 Å². The summed E-state index contributed by atoms with van der Waals surface area (Å²) in [7, 11) is 0. The zero-order chi connectivity index (χ0) is 22.7. The van der Waals surface area contributed by atoms with Crippen molar-refractivity contribution in [2.75, 3.05) is 0 Å². The number of ether oxygens (including phenoxy) is 2. The number of esters is 2. The van der Waals surface area contributed by atoms with Gasteiger partial charge in [0.2, 0.25) is 0 Å². The van der Waals surface area contributed by atoms with E-state index >= 15 is 0 Å². The molecule has 0 spiro atoms. The van der Waals surface area contributed by atoms with Crippen LogP contribution in [0.1, 0.15) is 65.2 Å². The summed E-state index contributed by atoms with van der Waals surface area (Å²) in [4.78, 5) is 27.1. The lowest BCUT2D eigenvalue weighted by molar-refractivity contribution is -0.141. The molecule has 3 aliphatic rings. The smallest absolute Gasteiger partial charge is 0.314 e. The summed E-state index contributed by atoms with van der Waals surface area (Å²) in [6.07, 6.45) is 9.10. The van der Waals surface area contributed by atoms with Gasteiger partial charge in [-0.25, -0.2) is 0 Å². The predicted octanol–water partition coefficient (Wildman–Crippen LogP) is 6.71. The Balaban J connectivity index is 1.52. The van der Waals surface area contributed by atoms with Crippen LogP contribution in [-0.4, -0.2) is 11.9 Å². The first kappa shape index (κ1) is 23.3. The highest BCUT2D eigenvalue weighted by Gasteiger charge is 2.32. The van der Waals surface area contributed by atoms with Crippen molar-refractivity contribution in [1.29, 1.82) is 5.26 Å². The number of nitrogens with zero attached hydrogens (tertiary/aromatic N) is 1. The Bertz CT molecular complexity index is 884. The Morgan fingerprint density at radius 2 is 1.25 bits per heavy atom. The van der Waals surface area contributed by atoms with Gasteiger partial charge in [-0.1, -0.05) is 37.4 Å². The van der Waals surface area contributed by atoms with Crippen molar-refractivity contribution in [3.8, 4) is 17.6 Å². The number of rotatable bonds is 4. The average Bonchev–Trinajstić information content (AvgIpc) is 3.21. The maximum absolute atomic E-state index is 12.8. The summed E-state index contributed by atoms with van der Waals surface area (Å²) in [6, 6.07) is 5.50. The van der Waals surface area contributed by atoms with E-state index in [2.05, 4.69) is 19.9 Å². The zero-order valence-corrected chi connectivity index (χ0v) is 20.2. The highest BCUT2D eigenvalue weighted by molar-refractivity contribution is 8.24. The van der Waals surface area contributed by atoms with Crippen LogP contribution in [0.3, 0.4) is 0 Å². The minimum Gasteiger partial charge on any atom is -0.425 e. The van der Waals surface area contributed by atoms with E-state index in [4.69, 9.17) is 14.7 Å². The number of fused-ring (bicyclic) bond motifs is 1. The molecule has 0 amide bonds. The molecule has 4 rings (SSSR count). The molecule has 0 unspecified atom stereocenters. The van der Waals surface area contributed by atoms with Crippen molar-refractivity contribution >= 4 is 35.5 Å². The van der Waals surface area contributed by atoms with Crippen LogP contribution in [0.2, 0.25) is 0 Å². The summed E-state index contributed by atoms with van der Waals surface area (Å²) >= 11 is 2.77. The Labute approximate surface area is 198 Å². The third-order valence-electron chi connectivity index (χ3n) is 6.75. The second kappa shape index (κ2) is 10.4. The van der Waals surface area contributed by atoms with Gasteiger partial charge in [-0.05, 0) is 75.3 Å². The lowest BCUT2D eigenvalue weighted by Gasteiger charge is -2.25. The van der Waals surface area contributed by atoms with Gasteiger partial charge in [0.25, 0.3) is 0 Å². The average molecular weight is 472 g/mol. The van der Waals surface area contributed by atoms with E-state index in [0.29, 0.717) is 23.3 Å². The topological polar surface area (TPSA) is 76.4 Å². The van der Waals surface area contributed by atoms with Gasteiger partial charge in [0.15, 0.2) is 0 Å². The van der Waals surface area contributed by atoms with Gasteiger partial charge in [0.1, 0.15) is 11.5 Å². The molecule has 1 aromatic rings. The van der Waals surface area contributed by atoms with Crippen LogP contribution in [0, 0.1) is 35.0 Å². The Morgan fingerprint density at radius 3 is 1.62 bits per heavy atom. The minimum absolute atomic E-state index is 0.0683. The minimum atomic E-state index is -0.191. The molecule has 1 heterocycles. The normalized spacial score (nSPS) is 27.2. The maximum atomic E-state index is 12.8. The molecule has 32 heavy (non-hydrogen) atoms. The lowest BCUT2D eigenvalue weighted by Crippen LogP contribution is -2.25. The summed E-state index contributed by atoms with van der Waals surface area (Å²) in [5.41, 5.74) is 0. The van der Waals surface area contributed by atoms with Crippen molar-refractivity contribution in [1.82, 2.24) is 0 Å². The van der Waals surface area contributed by atoms with Crippen LogP contribution >= 0.6 is 23.5 Å². The third kappa shape index (κ3) is 5.35. The van der Waals surface area contributed by atoms with Crippen LogP contribution in [0.25, 0.3) is 0 Å². The first-order valence-electron chi connectivity index (χ1n) is 11.5. The predicted molar refractivity (Wildman–Crippen MR) is 125 cm³/mol. The van der Waals surface area contributed by atoms with Gasteiger partial charge >= 0.3 is 11.9 Å². The summed E-state index contributed by atoms with van der Waals surface area (Å²) in [6.45, 7) is 4.44. The van der Waals surface area contributed by atoms with Crippen LogP contribution in [0.4, 0.5) is 0 Å². The molecule has 5 nitrogen and oxygen atoms in total. The SMILES string of the molecule is CC1CCC(C(=O)Oc2ccc(OC(=O)C3CCC(C)CC3)c3c2SC(=CC#N)S3)CC1. The fourth-order valence-electron chi connectivity index (χ4n) is 4.59. The molecule has 0 bridgehead atoms. The summed E-state index contributed by atoms with van der Waals surface area (Å²) in [5.74, 6) is 1.77. The quantitative estimate of drug-likeness (QED) is 0.274. The van der Waals surface area contributed by atoms with Crippen LogP contribution in [0.15, 0.2) is 32.2 Å². The van der Waals surface area contributed by atoms with E-state index in [0.717, 1.165) is 65.4 Å². The molecule has 1 aromatic carbocycles. The van der Waals surface area contributed by atoms with Crippen molar-refractivity contribution in [2.45, 2.75) is 75.0 Å². The number of hydrogen-bond donors (Lipinski definition) is 0. The molecule has 7 heteroatoms. The van der Waals surface area contributed by atoms with Gasteiger partial charge < -0.3 is 9.47 Å². The van der Waals surface area contributed by atoms with Gasteiger partial charge in [-0.3, -0.25) is 9.59 Å². The number of carbonyl (C=O) groups is 2. The molecule has 170 valence electrons. The van der Waals surface area contributed by atoms with Gasteiger partial charge in [0.05, 0.1) is 31.9 Å². The molecule has 1 aliphatic heterocycles. The molecule has 2 fully saturated rings. The highest BCUT2D eigenvalue weighted by atomic mass is 32.2. The van der Waals surface area contributed by atoms with Gasteiger partial charge in [-0.2, -0.15) is 5.26 Å². The molecule has 2 saturated carbocycles. The number of benzene rings is 1. The van der Waals surface area contributed by atoms with Crippen molar-refractivity contribution < 1.29 is 19.1 Å². The standard InChI is InChI=1S/C25H29NO4S2/c1-15-3-7-17(8-4-15)24(27)29-19-11-12-20(23-22(19)31-21(32-23)13-14-26)30-25(28)18-9-5-16(2)6-10-18/h11-13,15-18H,3-10H2,1-2H3. The molecule has 0 saturated heterocycles. The molecule has 0 aromatic heterocycles. The van der Waals surface area contributed by atoms with E-state index < -0.39 is 0 Å². The number of allylic oxidation sites excluding steroid dienone is 1. The number of nitriles is 1. The molecule has 0 atom stereocenters. The first-order chi connectivity index (χ1) is 15.4. The Morgan fingerprint density at radius 1 is 0.844 bits per heavy atom. The molecular formula is C25H29NO4S2. The summed E-state index contributed by atoms with van der Waals surface area (Å²) < 4.78 is 12.4. The lowest BCUT2D eigenvalue weighted by atomic mass is 9.83. The molecule has 0 radical (unpaired) electrons. The zero-order valence-electron chi connectivity index (χ0n) is 18.6. The molecule has 2 aliphatic carbocycles. The van der Waals surface area contributed by atoms with E-state index in [9.17, 15) is 9.59 Å². The van der Waals surface area contributed by atoms with E-state index in [1.165, 1.54) is 29.6 Å². The van der Waals surface area contributed by atoms with E-state index in [1.54, 1.807) is 12.1 Å². The molecular weight excluding hydrogens is 442 g/mol.